The molecule has 0 aliphatic carbocycles. The Labute approximate surface area is 98.6 Å². The van der Waals surface area contributed by atoms with Crippen molar-refractivity contribution in [3.63, 3.8) is 0 Å². The first-order chi connectivity index (χ1) is 7.80. The number of nitrogens with one attached hydrogen (secondary N) is 1. The quantitative estimate of drug-likeness (QED) is 0.736. The largest absolute Gasteiger partial charge is 0.360 e. The monoisotopic (exact) mass is 224 g/mol. The molecule has 0 radical (unpaired) electrons. The summed E-state index contributed by atoms with van der Waals surface area (Å²) >= 11 is 0. The van der Waals surface area contributed by atoms with Crippen LogP contribution >= 0.6 is 0 Å². The maximum atomic E-state index is 5.25. The molecule has 1 rings (SSSR count). The molecule has 0 fully saturated rings. The third-order valence-corrected chi connectivity index (χ3v) is 2.81. The Morgan fingerprint density at radius 3 is 2.44 bits per heavy atom. The molecule has 3 nitrogen and oxygen atoms in total. The van der Waals surface area contributed by atoms with Gasteiger partial charge in [-0.2, -0.15) is 0 Å². The lowest BCUT2D eigenvalue weighted by Crippen LogP contribution is -2.28. The summed E-state index contributed by atoms with van der Waals surface area (Å²) in [4.78, 5) is 0. The van der Waals surface area contributed by atoms with Gasteiger partial charge in [-0.05, 0) is 19.3 Å². The molecule has 0 aromatic carbocycles. The molecule has 0 bridgehead atoms. The van der Waals surface area contributed by atoms with E-state index in [0.29, 0.717) is 6.04 Å². The number of hydrogen-bond acceptors (Lipinski definition) is 3. The topological polar surface area (TPSA) is 38.1 Å². The van der Waals surface area contributed by atoms with Crippen LogP contribution in [0.15, 0.2) is 10.6 Å². The maximum Gasteiger partial charge on any atom is 0.150 e. The molecular formula is C13H24N2O. The summed E-state index contributed by atoms with van der Waals surface area (Å²) < 4.78 is 5.25. The first kappa shape index (κ1) is 13.2. The second-order valence-electron chi connectivity index (χ2n) is 4.29. The van der Waals surface area contributed by atoms with E-state index in [-0.39, 0.29) is 0 Å². The van der Waals surface area contributed by atoms with Gasteiger partial charge in [0.2, 0.25) is 0 Å². The van der Waals surface area contributed by atoms with Crippen molar-refractivity contribution in [1.29, 1.82) is 0 Å². The minimum Gasteiger partial charge on any atom is -0.360 e. The molecule has 0 spiro atoms. The summed E-state index contributed by atoms with van der Waals surface area (Å²) in [7, 11) is 0. The van der Waals surface area contributed by atoms with E-state index in [1.807, 2.05) is 6.07 Å². The van der Waals surface area contributed by atoms with E-state index in [1.165, 1.54) is 25.7 Å². The van der Waals surface area contributed by atoms with Crippen LogP contribution in [0, 0.1) is 0 Å². The van der Waals surface area contributed by atoms with Crippen LogP contribution in [0.25, 0.3) is 0 Å². The third-order valence-electron chi connectivity index (χ3n) is 2.81. The molecule has 0 atom stereocenters. The predicted molar refractivity (Wildman–Crippen MR) is 66.3 cm³/mol. The van der Waals surface area contributed by atoms with E-state index in [0.717, 1.165) is 24.4 Å². The lowest BCUT2D eigenvalue weighted by Gasteiger charge is -2.15. The van der Waals surface area contributed by atoms with Gasteiger partial charge in [0.25, 0.3) is 0 Å². The molecule has 0 amide bonds. The number of hydrogen-bond donors (Lipinski definition) is 1. The summed E-state index contributed by atoms with van der Waals surface area (Å²) in [6, 6.07) is 2.66. The molecule has 0 saturated heterocycles. The average molecular weight is 224 g/mol. The van der Waals surface area contributed by atoms with Crippen LogP contribution in [0.1, 0.15) is 57.9 Å². The fraction of sp³-hybridized carbons (Fsp3) is 0.769. The van der Waals surface area contributed by atoms with Crippen LogP contribution in [0.2, 0.25) is 0 Å². The molecule has 1 heterocycles. The van der Waals surface area contributed by atoms with E-state index in [4.69, 9.17) is 4.52 Å². The third kappa shape index (κ3) is 4.35. The van der Waals surface area contributed by atoms with Gasteiger partial charge < -0.3 is 9.84 Å². The summed E-state index contributed by atoms with van der Waals surface area (Å²) in [6.07, 6.45) is 5.88. The first-order valence-electron chi connectivity index (χ1n) is 6.47. The normalized spacial score (nSPS) is 11.2. The van der Waals surface area contributed by atoms with Crippen molar-refractivity contribution in [1.82, 2.24) is 10.5 Å². The minimum absolute atomic E-state index is 0.616. The van der Waals surface area contributed by atoms with Crippen LogP contribution in [-0.4, -0.2) is 11.2 Å². The Bertz CT molecular complexity index is 277. The Balaban J connectivity index is 2.35. The van der Waals surface area contributed by atoms with Gasteiger partial charge in [-0.15, -0.1) is 0 Å². The SMILES string of the molecule is CCCC(CCC)NCc1cc(CC)no1. The number of nitrogens with zero attached hydrogens (tertiary/aromatic N) is 1. The van der Waals surface area contributed by atoms with E-state index in [9.17, 15) is 0 Å². The van der Waals surface area contributed by atoms with Crippen molar-refractivity contribution in [2.45, 2.75) is 65.5 Å². The van der Waals surface area contributed by atoms with Crippen LogP contribution in [0.5, 0.6) is 0 Å². The number of aromatic nitrogens is 1. The molecule has 0 aliphatic heterocycles. The predicted octanol–water partition coefficient (Wildman–Crippen LogP) is 3.30. The summed E-state index contributed by atoms with van der Waals surface area (Å²) in [6.45, 7) is 7.35. The van der Waals surface area contributed by atoms with Gasteiger partial charge in [0, 0.05) is 12.1 Å². The van der Waals surface area contributed by atoms with Gasteiger partial charge >= 0.3 is 0 Å². The van der Waals surface area contributed by atoms with E-state index < -0.39 is 0 Å². The highest BCUT2D eigenvalue weighted by atomic mass is 16.5. The Morgan fingerprint density at radius 2 is 1.94 bits per heavy atom. The zero-order valence-corrected chi connectivity index (χ0v) is 10.8. The van der Waals surface area contributed by atoms with Gasteiger partial charge in [-0.1, -0.05) is 38.8 Å². The van der Waals surface area contributed by atoms with Crippen LogP contribution in [-0.2, 0) is 13.0 Å². The van der Waals surface area contributed by atoms with Crippen molar-refractivity contribution < 1.29 is 4.52 Å². The molecule has 1 aromatic heterocycles. The van der Waals surface area contributed by atoms with E-state index in [2.05, 4.69) is 31.2 Å². The standard InChI is InChI=1S/C13H24N2O/c1-4-7-12(8-5-2)14-10-13-9-11(6-3)15-16-13/h9,12,14H,4-8,10H2,1-3H3. The fourth-order valence-electron chi connectivity index (χ4n) is 1.90. The van der Waals surface area contributed by atoms with Gasteiger partial charge in [0.15, 0.2) is 5.76 Å². The highest BCUT2D eigenvalue weighted by Gasteiger charge is 2.08. The number of aryl methyl sites for hydroxylation is 1. The smallest absolute Gasteiger partial charge is 0.150 e. The van der Waals surface area contributed by atoms with Crippen molar-refractivity contribution in [2.24, 2.45) is 0 Å². The van der Waals surface area contributed by atoms with Gasteiger partial charge in [0.1, 0.15) is 0 Å². The van der Waals surface area contributed by atoms with Crippen molar-refractivity contribution in [3.05, 3.63) is 17.5 Å². The minimum atomic E-state index is 0.616. The maximum absolute atomic E-state index is 5.25. The van der Waals surface area contributed by atoms with Crippen molar-refractivity contribution in [2.75, 3.05) is 0 Å². The molecule has 92 valence electrons. The van der Waals surface area contributed by atoms with E-state index in [1.54, 1.807) is 0 Å². The molecule has 1 aromatic rings. The average Bonchev–Trinajstić information content (AvgIpc) is 2.74. The highest BCUT2D eigenvalue weighted by molar-refractivity contribution is 5.04. The van der Waals surface area contributed by atoms with Crippen molar-refractivity contribution in [3.8, 4) is 0 Å². The highest BCUT2D eigenvalue weighted by Crippen LogP contribution is 2.08. The van der Waals surface area contributed by atoms with Gasteiger partial charge in [0.05, 0.1) is 12.2 Å². The molecule has 3 heteroatoms. The summed E-state index contributed by atoms with van der Waals surface area (Å²) in [5, 5.41) is 7.53. The fourth-order valence-corrected chi connectivity index (χ4v) is 1.90. The molecule has 0 unspecified atom stereocenters. The zero-order chi connectivity index (χ0) is 11.8. The molecule has 0 aliphatic rings. The van der Waals surface area contributed by atoms with E-state index >= 15 is 0 Å². The Morgan fingerprint density at radius 1 is 1.25 bits per heavy atom. The van der Waals surface area contributed by atoms with Crippen LogP contribution < -0.4 is 5.32 Å². The summed E-state index contributed by atoms with van der Waals surface area (Å²) in [5.41, 5.74) is 1.04. The molecule has 1 N–H and O–H groups in total. The Hall–Kier alpha value is -0.830. The van der Waals surface area contributed by atoms with Crippen LogP contribution in [0.4, 0.5) is 0 Å². The van der Waals surface area contributed by atoms with Gasteiger partial charge in [-0.25, -0.2) is 0 Å². The lowest BCUT2D eigenvalue weighted by atomic mass is 10.1. The molecular weight excluding hydrogens is 200 g/mol. The molecule has 0 saturated carbocycles. The lowest BCUT2D eigenvalue weighted by molar-refractivity contribution is 0.349. The second-order valence-corrected chi connectivity index (χ2v) is 4.29. The summed E-state index contributed by atoms with van der Waals surface area (Å²) in [5.74, 6) is 0.953. The zero-order valence-electron chi connectivity index (χ0n) is 10.8. The number of rotatable bonds is 8. The van der Waals surface area contributed by atoms with Crippen molar-refractivity contribution >= 4 is 0 Å². The molecule has 16 heavy (non-hydrogen) atoms. The van der Waals surface area contributed by atoms with Crippen LogP contribution in [0.3, 0.4) is 0 Å². The first-order valence-corrected chi connectivity index (χ1v) is 6.47. The van der Waals surface area contributed by atoms with Gasteiger partial charge in [-0.3, -0.25) is 0 Å². The Kier molecular flexibility index (Phi) is 6.16. The second kappa shape index (κ2) is 7.44.